The van der Waals surface area contributed by atoms with E-state index in [1.165, 1.54) is 0 Å². The number of rotatable bonds is 4. The summed E-state index contributed by atoms with van der Waals surface area (Å²) in [5.74, 6) is 0.383. The molecule has 3 saturated heterocycles. The van der Waals surface area contributed by atoms with Crippen molar-refractivity contribution in [3.63, 3.8) is 0 Å². The lowest BCUT2D eigenvalue weighted by molar-refractivity contribution is -0.144. The number of carbonyl (C=O) groups is 2. The quantitative estimate of drug-likeness (QED) is 0.744. The van der Waals surface area contributed by atoms with E-state index in [1.54, 1.807) is 12.4 Å². The highest BCUT2D eigenvalue weighted by atomic mass is 16.5. The first kappa shape index (κ1) is 20.2. The molecule has 158 valence electrons. The van der Waals surface area contributed by atoms with Gasteiger partial charge in [-0.1, -0.05) is 0 Å². The zero-order chi connectivity index (χ0) is 20.3. The Morgan fingerprint density at radius 1 is 1.14 bits per heavy atom. The first-order valence-corrected chi connectivity index (χ1v) is 10.7. The van der Waals surface area contributed by atoms with Crippen molar-refractivity contribution < 1.29 is 14.3 Å². The zero-order valence-corrected chi connectivity index (χ0v) is 17.3. The van der Waals surface area contributed by atoms with Crippen molar-refractivity contribution in [2.24, 2.45) is 5.41 Å². The third-order valence-corrected chi connectivity index (χ3v) is 6.41. The van der Waals surface area contributed by atoms with Crippen molar-refractivity contribution in [2.45, 2.75) is 39.2 Å². The summed E-state index contributed by atoms with van der Waals surface area (Å²) in [4.78, 5) is 40.3. The third kappa shape index (κ3) is 4.93. The van der Waals surface area contributed by atoms with E-state index in [0.717, 1.165) is 56.8 Å². The number of likely N-dealkylation sites (tertiary alicyclic amines) is 2. The fourth-order valence-electron chi connectivity index (χ4n) is 4.75. The van der Waals surface area contributed by atoms with E-state index >= 15 is 0 Å². The highest BCUT2D eigenvalue weighted by molar-refractivity contribution is 5.79. The number of amides is 2. The predicted octanol–water partition coefficient (Wildman–Crippen LogP) is 0.848. The molecular weight excluding hydrogens is 370 g/mol. The molecule has 0 aromatic carbocycles. The second kappa shape index (κ2) is 8.75. The van der Waals surface area contributed by atoms with Gasteiger partial charge in [0.15, 0.2) is 0 Å². The topological polar surface area (TPSA) is 78.9 Å². The summed E-state index contributed by atoms with van der Waals surface area (Å²) >= 11 is 0. The molecule has 1 aromatic heterocycles. The van der Waals surface area contributed by atoms with Crippen LogP contribution < -0.4 is 0 Å². The molecule has 0 saturated carbocycles. The molecule has 0 bridgehead atoms. The van der Waals surface area contributed by atoms with Crippen LogP contribution in [0.2, 0.25) is 0 Å². The summed E-state index contributed by atoms with van der Waals surface area (Å²) in [5, 5.41) is 0. The van der Waals surface area contributed by atoms with Crippen LogP contribution >= 0.6 is 0 Å². The van der Waals surface area contributed by atoms with Crippen LogP contribution in [0.4, 0.5) is 0 Å². The van der Waals surface area contributed by atoms with Gasteiger partial charge in [0.25, 0.3) is 0 Å². The van der Waals surface area contributed by atoms with Gasteiger partial charge in [-0.05, 0) is 26.2 Å². The zero-order valence-electron chi connectivity index (χ0n) is 17.3. The van der Waals surface area contributed by atoms with Crippen LogP contribution in [0.5, 0.6) is 0 Å². The fourth-order valence-corrected chi connectivity index (χ4v) is 4.75. The number of carbonyl (C=O) groups excluding carboxylic acids is 2. The molecule has 8 nitrogen and oxygen atoms in total. The molecule has 1 aromatic rings. The van der Waals surface area contributed by atoms with Crippen LogP contribution in [-0.2, 0) is 20.9 Å². The van der Waals surface area contributed by atoms with Gasteiger partial charge in [0.05, 0.1) is 43.9 Å². The molecule has 0 aliphatic carbocycles. The number of hydrogen-bond acceptors (Lipinski definition) is 6. The molecule has 1 atom stereocenters. The van der Waals surface area contributed by atoms with E-state index in [2.05, 4.69) is 14.9 Å². The Bertz CT molecular complexity index is 734. The number of piperidine rings is 2. The van der Waals surface area contributed by atoms with E-state index in [9.17, 15) is 9.59 Å². The average molecular weight is 402 g/mol. The number of morpholine rings is 1. The van der Waals surface area contributed by atoms with Gasteiger partial charge in [0, 0.05) is 50.8 Å². The minimum absolute atomic E-state index is 0.00492. The minimum Gasteiger partial charge on any atom is -0.379 e. The van der Waals surface area contributed by atoms with Gasteiger partial charge in [-0.15, -0.1) is 0 Å². The molecule has 3 fully saturated rings. The van der Waals surface area contributed by atoms with Crippen molar-refractivity contribution in [1.29, 1.82) is 0 Å². The smallest absolute Gasteiger partial charge is 0.236 e. The molecule has 1 spiro atoms. The van der Waals surface area contributed by atoms with Crippen molar-refractivity contribution in [1.82, 2.24) is 24.7 Å². The first-order chi connectivity index (χ1) is 14.0. The lowest BCUT2D eigenvalue weighted by Crippen LogP contribution is -2.56. The van der Waals surface area contributed by atoms with Crippen LogP contribution in [0, 0.1) is 12.3 Å². The summed E-state index contributed by atoms with van der Waals surface area (Å²) in [5.41, 5.74) is 1.69. The fraction of sp³-hybridized carbons (Fsp3) is 0.714. The highest BCUT2D eigenvalue weighted by Crippen LogP contribution is 2.39. The minimum atomic E-state index is 0.00492. The normalized spacial score (nSPS) is 26.2. The summed E-state index contributed by atoms with van der Waals surface area (Å²) < 4.78 is 5.38. The Kier molecular flexibility index (Phi) is 6.10. The summed E-state index contributed by atoms with van der Waals surface area (Å²) in [6, 6.07) is 0. The number of aryl methyl sites for hydroxylation is 1. The molecule has 29 heavy (non-hydrogen) atoms. The van der Waals surface area contributed by atoms with E-state index in [-0.39, 0.29) is 17.2 Å². The van der Waals surface area contributed by atoms with Crippen LogP contribution in [-0.4, -0.2) is 89.0 Å². The Hall–Kier alpha value is -2.06. The maximum Gasteiger partial charge on any atom is 0.236 e. The van der Waals surface area contributed by atoms with Crippen LogP contribution in [0.15, 0.2) is 12.4 Å². The lowest BCUT2D eigenvalue weighted by Gasteiger charge is -2.48. The molecule has 0 radical (unpaired) electrons. The first-order valence-electron chi connectivity index (χ1n) is 10.7. The van der Waals surface area contributed by atoms with Gasteiger partial charge in [0.2, 0.25) is 11.8 Å². The van der Waals surface area contributed by atoms with Crippen molar-refractivity contribution in [3.05, 3.63) is 23.8 Å². The van der Waals surface area contributed by atoms with Gasteiger partial charge in [-0.2, -0.15) is 0 Å². The van der Waals surface area contributed by atoms with Gasteiger partial charge < -0.3 is 14.5 Å². The highest BCUT2D eigenvalue weighted by Gasteiger charge is 2.42. The van der Waals surface area contributed by atoms with Gasteiger partial charge in [-0.3, -0.25) is 24.5 Å². The third-order valence-electron chi connectivity index (χ3n) is 6.41. The van der Waals surface area contributed by atoms with Crippen LogP contribution in [0.25, 0.3) is 0 Å². The molecule has 4 heterocycles. The maximum atomic E-state index is 12.9. The van der Waals surface area contributed by atoms with Crippen molar-refractivity contribution in [3.8, 4) is 0 Å². The second-order valence-electron chi connectivity index (χ2n) is 8.71. The van der Waals surface area contributed by atoms with E-state index < -0.39 is 0 Å². The molecule has 0 N–H and O–H groups in total. The Morgan fingerprint density at radius 3 is 2.72 bits per heavy atom. The maximum absolute atomic E-state index is 12.9. The van der Waals surface area contributed by atoms with E-state index in [1.807, 2.05) is 16.7 Å². The monoisotopic (exact) mass is 401 g/mol. The van der Waals surface area contributed by atoms with Gasteiger partial charge in [-0.25, -0.2) is 0 Å². The SMILES string of the molecule is Cc1cnc(CN2CC3(CCCN(C(=O)CN4CCOCC4)C3)CCC2=O)cn1. The number of ether oxygens (including phenoxy) is 1. The van der Waals surface area contributed by atoms with Crippen LogP contribution in [0.1, 0.15) is 37.1 Å². The average Bonchev–Trinajstić information content (AvgIpc) is 2.73. The molecule has 1 unspecified atom stereocenters. The number of aromatic nitrogens is 2. The molecule has 8 heteroatoms. The van der Waals surface area contributed by atoms with E-state index in [4.69, 9.17) is 4.74 Å². The van der Waals surface area contributed by atoms with Crippen LogP contribution in [0.3, 0.4) is 0 Å². The largest absolute Gasteiger partial charge is 0.379 e. The summed E-state index contributed by atoms with van der Waals surface area (Å²) in [7, 11) is 0. The predicted molar refractivity (Wildman–Crippen MR) is 107 cm³/mol. The second-order valence-corrected chi connectivity index (χ2v) is 8.71. The molecular formula is C21H31N5O3. The van der Waals surface area contributed by atoms with Crippen molar-refractivity contribution in [2.75, 3.05) is 52.5 Å². The van der Waals surface area contributed by atoms with Crippen molar-refractivity contribution >= 4 is 11.8 Å². The van der Waals surface area contributed by atoms with E-state index in [0.29, 0.717) is 39.3 Å². The molecule has 4 rings (SSSR count). The Balaban J connectivity index is 1.39. The number of nitrogens with zero attached hydrogens (tertiary/aromatic N) is 5. The van der Waals surface area contributed by atoms with Gasteiger partial charge in [0.1, 0.15) is 0 Å². The summed E-state index contributed by atoms with van der Waals surface area (Å²) in [6.45, 7) is 8.20. The number of hydrogen-bond donors (Lipinski definition) is 0. The standard InChI is InChI=1S/C21H31N5O3/c1-17-11-23-18(12-22-17)13-26-16-21(5-3-19(26)27)4-2-6-25(15-21)20(28)14-24-7-9-29-10-8-24/h11-12H,2-10,13-16H2,1H3. The lowest BCUT2D eigenvalue weighted by atomic mass is 9.73. The molecule has 3 aliphatic rings. The Morgan fingerprint density at radius 2 is 1.97 bits per heavy atom. The molecule has 3 aliphatic heterocycles. The summed E-state index contributed by atoms with van der Waals surface area (Å²) in [6.07, 6.45) is 6.97. The Labute approximate surface area is 172 Å². The molecule has 2 amide bonds. The van der Waals surface area contributed by atoms with Gasteiger partial charge >= 0.3 is 0 Å².